The zero-order valence-corrected chi connectivity index (χ0v) is 20.8. The molecule has 35 heavy (non-hydrogen) atoms. The lowest BCUT2D eigenvalue weighted by atomic mass is 9.93. The van der Waals surface area contributed by atoms with E-state index >= 15 is 0 Å². The maximum absolute atomic E-state index is 14.2. The van der Waals surface area contributed by atoms with E-state index in [1.165, 1.54) is 0 Å². The molecule has 0 saturated carbocycles. The Morgan fingerprint density at radius 2 is 1.91 bits per heavy atom. The largest absolute Gasteiger partial charge is 0.494 e. The first kappa shape index (κ1) is 26.2. The Hall–Kier alpha value is -1.90. The first-order valence-corrected chi connectivity index (χ1v) is 12.6. The van der Waals surface area contributed by atoms with Crippen LogP contribution in [-0.4, -0.2) is 61.1 Å². The molecule has 2 saturated heterocycles. The van der Waals surface area contributed by atoms with Crippen LogP contribution in [0.4, 0.5) is 4.39 Å². The fraction of sp³-hybridized carbons (Fsp3) is 0.556. The molecule has 2 aliphatic rings. The third-order valence-corrected chi connectivity index (χ3v) is 6.84. The Balaban J connectivity index is 1.53. The van der Waals surface area contributed by atoms with E-state index in [4.69, 9.17) is 30.5 Å². The van der Waals surface area contributed by atoms with Gasteiger partial charge in [-0.05, 0) is 61.6 Å². The molecular weight excluding hydrogens is 475 g/mol. The molecular formula is C27H34ClFO6. The predicted octanol–water partition coefficient (Wildman–Crippen LogP) is 4.80. The normalized spacial score (nSPS) is 23.5. The zero-order valence-electron chi connectivity index (χ0n) is 20.1. The second-order valence-electron chi connectivity index (χ2n) is 9.39. The lowest BCUT2D eigenvalue weighted by Crippen LogP contribution is -2.45. The highest BCUT2D eigenvalue weighted by molar-refractivity contribution is 6.31. The van der Waals surface area contributed by atoms with Crippen LogP contribution in [0.15, 0.2) is 36.4 Å². The van der Waals surface area contributed by atoms with Gasteiger partial charge in [0.25, 0.3) is 0 Å². The molecule has 2 fully saturated rings. The van der Waals surface area contributed by atoms with Crippen LogP contribution in [0.1, 0.15) is 55.4 Å². The number of aliphatic hydroxyl groups is 2. The Morgan fingerprint density at radius 3 is 2.57 bits per heavy atom. The highest BCUT2D eigenvalue weighted by Crippen LogP contribution is 2.40. The van der Waals surface area contributed by atoms with Crippen molar-refractivity contribution in [3.05, 3.63) is 58.1 Å². The maximum atomic E-state index is 14.2. The first-order chi connectivity index (χ1) is 16.9. The van der Waals surface area contributed by atoms with Crippen LogP contribution < -0.4 is 9.47 Å². The summed E-state index contributed by atoms with van der Waals surface area (Å²) < 4.78 is 36.9. The van der Waals surface area contributed by atoms with Gasteiger partial charge in [0.2, 0.25) is 0 Å². The molecule has 2 heterocycles. The highest BCUT2D eigenvalue weighted by atomic mass is 35.5. The van der Waals surface area contributed by atoms with Gasteiger partial charge in [-0.1, -0.05) is 23.7 Å². The molecule has 0 bridgehead atoms. The Bertz CT molecular complexity index is 965. The van der Waals surface area contributed by atoms with Crippen molar-refractivity contribution in [2.24, 2.45) is 0 Å². The van der Waals surface area contributed by atoms with E-state index in [-0.39, 0.29) is 19.8 Å². The standard InChI is InChI=1S/C27H34ClFO6/c1-2-33-21-6-4-18(5-7-21)10-19-11-23(26-13-20(31)12-22(15-30)35-26)25(14-24(19)28)34-9-3-8-27(29)16-32-17-27/h4-7,11,14,20,22,26,30-31H,2-3,8-10,12-13,15-17H2,1H3. The summed E-state index contributed by atoms with van der Waals surface area (Å²) in [4.78, 5) is 0. The summed E-state index contributed by atoms with van der Waals surface area (Å²) in [6, 6.07) is 11.6. The van der Waals surface area contributed by atoms with Crippen LogP contribution in [0.2, 0.25) is 5.02 Å². The van der Waals surface area contributed by atoms with Crippen LogP contribution in [0.25, 0.3) is 0 Å². The summed E-state index contributed by atoms with van der Waals surface area (Å²) in [7, 11) is 0. The fourth-order valence-electron chi connectivity index (χ4n) is 4.57. The lowest BCUT2D eigenvalue weighted by molar-refractivity contribution is -0.134. The van der Waals surface area contributed by atoms with Crippen molar-refractivity contribution in [2.45, 2.75) is 63.0 Å². The number of rotatable bonds is 11. The van der Waals surface area contributed by atoms with Gasteiger partial charge >= 0.3 is 0 Å². The summed E-state index contributed by atoms with van der Waals surface area (Å²) >= 11 is 6.66. The third-order valence-electron chi connectivity index (χ3n) is 6.48. The quantitative estimate of drug-likeness (QED) is 0.425. The summed E-state index contributed by atoms with van der Waals surface area (Å²) in [5, 5.41) is 20.6. The van der Waals surface area contributed by atoms with Crippen molar-refractivity contribution in [1.82, 2.24) is 0 Å². The molecule has 4 rings (SSSR count). The van der Waals surface area contributed by atoms with Crippen LogP contribution >= 0.6 is 11.6 Å². The third kappa shape index (κ3) is 6.86. The molecule has 0 spiro atoms. The summed E-state index contributed by atoms with van der Waals surface area (Å²) in [6.07, 6.45) is 0.797. The number of halogens is 2. The number of alkyl halides is 1. The van der Waals surface area contributed by atoms with Crippen LogP contribution in [0, 0.1) is 0 Å². The van der Waals surface area contributed by atoms with Gasteiger partial charge < -0.3 is 29.2 Å². The molecule has 2 aromatic carbocycles. The van der Waals surface area contributed by atoms with E-state index in [9.17, 15) is 14.6 Å². The second kappa shape index (κ2) is 11.9. The lowest BCUT2D eigenvalue weighted by Gasteiger charge is -2.34. The molecule has 0 radical (unpaired) electrons. The zero-order chi connectivity index (χ0) is 24.8. The van der Waals surface area contributed by atoms with Crippen molar-refractivity contribution in [1.29, 1.82) is 0 Å². The van der Waals surface area contributed by atoms with E-state index < -0.39 is 24.0 Å². The molecule has 192 valence electrons. The molecule has 2 aromatic rings. The molecule has 0 aromatic heterocycles. The maximum Gasteiger partial charge on any atom is 0.157 e. The van der Waals surface area contributed by atoms with Gasteiger partial charge in [-0.25, -0.2) is 4.39 Å². The van der Waals surface area contributed by atoms with E-state index in [2.05, 4.69) is 0 Å². The molecule has 0 aliphatic carbocycles. The fourth-order valence-corrected chi connectivity index (χ4v) is 4.79. The summed E-state index contributed by atoms with van der Waals surface area (Å²) in [5.41, 5.74) is 1.49. The van der Waals surface area contributed by atoms with Gasteiger partial charge in [-0.15, -0.1) is 0 Å². The number of benzene rings is 2. The summed E-state index contributed by atoms with van der Waals surface area (Å²) in [6.45, 7) is 2.99. The SMILES string of the molecule is CCOc1ccc(Cc2cc(C3CC(O)CC(CO)O3)c(OCCCC3(F)COC3)cc2Cl)cc1. The summed E-state index contributed by atoms with van der Waals surface area (Å²) in [5.74, 6) is 1.37. The molecule has 3 atom stereocenters. The minimum atomic E-state index is -1.25. The van der Waals surface area contributed by atoms with Gasteiger partial charge in [-0.2, -0.15) is 0 Å². The van der Waals surface area contributed by atoms with E-state index in [0.29, 0.717) is 56.1 Å². The van der Waals surface area contributed by atoms with Crippen molar-refractivity contribution in [2.75, 3.05) is 33.0 Å². The van der Waals surface area contributed by atoms with E-state index in [1.807, 2.05) is 37.3 Å². The average molecular weight is 509 g/mol. The van der Waals surface area contributed by atoms with Crippen LogP contribution in [-0.2, 0) is 15.9 Å². The Labute approximate surface area is 210 Å². The smallest absolute Gasteiger partial charge is 0.157 e. The van der Waals surface area contributed by atoms with Crippen molar-refractivity contribution >= 4 is 11.6 Å². The van der Waals surface area contributed by atoms with E-state index in [0.717, 1.165) is 22.4 Å². The number of hydrogen-bond acceptors (Lipinski definition) is 6. The monoisotopic (exact) mass is 508 g/mol. The van der Waals surface area contributed by atoms with Gasteiger partial charge in [0.15, 0.2) is 5.67 Å². The highest BCUT2D eigenvalue weighted by Gasteiger charge is 2.38. The predicted molar refractivity (Wildman–Crippen MR) is 131 cm³/mol. The minimum absolute atomic E-state index is 0.140. The molecule has 6 nitrogen and oxygen atoms in total. The molecule has 0 amide bonds. The minimum Gasteiger partial charge on any atom is -0.494 e. The van der Waals surface area contributed by atoms with Gasteiger partial charge in [0, 0.05) is 23.4 Å². The van der Waals surface area contributed by atoms with Gasteiger partial charge in [-0.3, -0.25) is 0 Å². The molecule has 3 unspecified atom stereocenters. The second-order valence-corrected chi connectivity index (χ2v) is 9.79. The molecule has 2 N–H and O–H groups in total. The van der Waals surface area contributed by atoms with Crippen LogP contribution in [0.3, 0.4) is 0 Å². The van der Waals surface area contributed by atoms with Crippen LogP contribution in [0.5, 0.6) is 11.5 Å². The average Bonchev–Trinajstić information content (AvgIpc) is 2.83. The van der Waals surface area contributed by atoms with Crippen molar-refractivity contribution in [3.63, 3.8) is 0 Å². The van der Waals surface area contributed by atoms with Gasteiger partial charge in [0.05, 0.1) is 51.3 Å². The Morgan fingerprint density at radius 1 is 1.14 bits per heavy atom. The molecule has 2 aliphatic heterocycles. The van der Waals surface area contributed by atoms with Crippen molar-refractivity contribution < 1.29 is 33.6 Å². The number of hydrogen-bond donors (Lipinski definition) is 2. The number of aliphatic hydroxyl groups excluding tert-OH is 2. The Kier molecular flexibility index (Phi) is 8.89. The van der Waals surface area contributed by atoms with Gasteiger partial charge in [0.1, 0.15) is 11.5 Å². The topological polar surface area (TPSA) is 77.4 Å². The van der Waals surface area contributed by atoms with Crippen molar-refractivity contribution in [3.8, 4) is 11.5 Å². The number of ether oxygens (including phenoxy) is 4. The van der Waals surface area contributed by atoms with E-state index in [1.54, 1.807) is 6.07 Å². The first-order valence-electron chi connectivity index (χ1n) is 12.3. The molecule has 8 heteroatoms.